The molecular formula is C16H21FN2O2. The number of carbonyl (C=O) groups excluding carboxylic acids is 1. The highest BCUT2D eigenvalue weighted by Gasteiger charge is 2.28. The lowest BCUT2D eigenvalue weighted by molar-refractivity contribution is -0.121. The summed E-state index contributed by atoms with van der Waals surface area (Å²) in [4.78, 5) is 22.3. The van der Waals surface area contributed by atoms with Crippen molar-refractivity contribution in [2.24, 2.45) is 10.6 Å². The molecule has 0 fully saturated rings. The normalized spacial score (nSPS) is 21.6. The monoisotopic (exact) mass is 292 g/mol. The van der Waals surface area contributed by atoms with E-state index in [2.05, 4.69) is 22.3 Å². The van der Waals surface area contributed by atoms with Crippen molar-refractivity contribution in [1.82, 2.24) is 5.32 Å². The topological polar surface area (TPSA) is 58.5 Å². The van der Waals surface area contributed by atoms with Gasteiger partial charge in [-0.05, 0) is 44.5 Å². The van der Waals surface area contributed by atoms with Gasteiger partial charge in [-0.15, -0.1) is 4.91 Å². The number of amides is 1. The maximum atomic E-state index is 14.2. The number of rotatable bonds is 4. The van der Waals surface area contributed by atoms with Crippen molar-refractivity contribution in [3.8, 4) is 11.8 Å². The molecule has 21 heavy (non-hydrogen) atoms. The van der Waals surface area contributed by atoms with Gasteiger partial charge in [0.1, 0.15) is 11.9 Å². The third kappa shape index (κ3) is 5.50. The summed E-state index contributed by atoms with van der Waals surface area (Å²) in [7, 11) is 0. The van der Waals surface area contributed by atoms with Gasteiger partial charge in [0.05, 0.1) is 6.04 Å². The second-order valence-electron chi connectivity index (χ2n) is 6.02. The quantitative estimate of drug-likeness (QED) is 0.638. The van der Waals surface area contributed by atoms with E-state index in [0.717, 1.165) is 6.08 Å². The Morgan fingerprint density at radius 2 is 2.14 bits per heavy atom. The van der Waals surface area contributed by atoms with Crippen LogP contribution in [0.3, 0.4) is 0 Å². The molecule has 1 N–H and O–H groups in total. The first-order chi connectivity index (χ1) is 9.76. The average molecular weight is 292 g/mol. The van der Waals surface area contributed by atoms with E-state index in [1.165, 1.54) is 6.08 Å². The number of carbonyl (C=O) groups is 1. The molecule has 0 bridgehead atoms. The van der Waals surface area contributed by atoms with E-state index in [0.29, 0.717) is 18.4 Å². The zero-order chi connectivity index (χ0) is 16.0. The molecule has 4 nitrogen and oxygen atoms in total. The van der Waals surface area contributed by atoms with Gasteiger partial charge in [0.25, 0.3) is 0 Å². The molecule has 0 aromatic heterocycles. The van der Waals surface area contributed by atoms with Gasteiger partial charge in [-0.2, -0.15) is 0 Å². The summed E-state index contributed by atoms with van der Waals surface area (Å²) in [5, 5.41) is 5.38. The van der Waals surface area contributed by atoms with Crippen LogP contribution in [0.5, 0.6) is 0 Å². The SMILES string of the molecule is CCCC(=O)NC1C(C#CC(C)(C)C)=CC(N=O)=CC1F. The van der Waals surface area contributed by atoms with Crippen molar-refractivity contribution in [3.05, 3.63) is 28.3 Å². The standard InChI is InChI=1S/C16H21FN2O2/c1-5-6-14(20)18-15-11(7-8-16(2,3)4)9-12(19-21)10-13(15)17/h9-10,13,15H,5-6H2,1-4H3,(H,18,20). The van der Waals surface area contributed by atoms with E-state index in [-0.39, 0.29) is 17.0 Å². The smallest absolute Gasteiger partial charge is 0.220 e. The third-order valence-electron chi connectivity index (χ3n) is 2.77. The number of hydrogen-bond donors (Lipinski definition) is 1. The fraction of sp³-hybridized carbons (Fsp3) is 0.562. The van der Waals surface area contributed by atoms with Crippen LogP contribution in [0.2, 0.25) is 0 Å². The molecule has 0 radical (unpaired) electrons. The van der Waals surface area contributed by atoms with E-state index >= 15 is 0 Å². The van der Waals surface area contributed by atoms with Crippen molar-refractivity contribution < 1.29 is 9.18 Å². The first kappa shape index (κ1) is 17.1. The molecule has 114 valence electrons. The Hall–Kier alpha value is -1.96. The van der Waals surface area contributed by atoms with Crippen LogP contribution >= 0.6 is 0 Å². The number of nitroso groups, excluding NO2 is 1. The van der Waals surface area contributed by atoms with E-state index in [4.69, 9.17) is 0 Å². The van der Waals surface area contributed by atoms with Crippen LogP contribution in [-0.4, -0.2) is 18.1 Å². The zero-order valence-electron chi connectivity index (χ0n) is 12.9. The van der Waals surface area contributed by atoms with Crippen LogP contribution in [0, 0.1) is 22.2 Å². The molecular weight excluding hydrogens is 271 g/mol. The number of hydrogen-bond acceptors (Lipinski definition) is 3. The summed E-state index contributed by atoms with van der Waals surface area (Å²) in [6.45, 7) is 7.65. The third-order valence-corrected chi connectivity index (χ3v) is 2.77. The maximum absolute atomic E-state index is 14.2. The fourth-order valence-corrected chi connectivity index (χ4v) is 1.79. The number of alkyl halides is 1. The van der Waals surface area contributed by atoms with Gasteiger partial charge in [0.15, 0.2) is 0 Å². The molecule has 0 aliphatic heterocycles. The van der Waals surface area contributed by atoms with Gasteiger partial charge in [-0.3, -0.25) is 4.79 Å². The molecule has 0 saturated carbocycles. The van der Waals surface area contributed by atoms with Gasteiger partial charge in [0, 0.05) is 17.4 Å². The molecule has 0 spiro atoms. The Morgan fingerprint density at radius 1 is 1.48 bits per heavy atom. The van der Waals surface area contributed by atoms with Gasteiger partial charge >= 0.3 is 0 Å². The Morgan fingerprint density at radius 3 is 2.67 bits per heavy atom. The summed E-state index contributed by atoms with van der Waals surface area (Å²) >= 11 is 0. The van der Waals surface area contributed by atoms with Crippen LogP contribution in [0.25, 0.3) is 0 Å². The Bertz CT molecular complexity index is 533. The minimum absolute atomic E-state index is 0.00157. The summed E-state index contributed by atoms with van der Waals surface area (Å²) in [5.74, 6) is 5.62. The van der Waals surface area contributed by atoms with Crippen molar-refractivity contribution in [3.63, 3.8) is 0 Å². The molecule has 0 aromatic rings. The van der Waals surface area contributed by atoms with Crippen molar-refractivity contribution in [2.45, 2.75) is 52.8 Å². The van der Waals surface area contributed by atoms with E-state index < -0.39 is 12.2 Å². The predicted octanol–water partition coefficient (Wildman–Crippen LogP) is 3.25. The highest BCUT2D eigenvalue weighted by Crippen LogP contribution is 2.22. The molecule has 2 unspecified atom stereocenters. The first-order valence-corrected chi connectivity index (χ1v) is 7.00. The molecule has 1 rings (SSSR count). The predicted molar refractivity (Wildman–Crippen MR) is 80.9 cm³/mol. The molecule has 1 aliphatic carbocycles. The molecule has 0 aromatic carbocycles. The minimum atomic E-state index is -1.51. The van der Waals surface area contributed by atoms with Gasteiger partial charge in [0.2, 0.25) is 5.91 Å². The molecule has 1 amide bonds. The van der Waals surface area contributed by atoms with Crippen LogP contribution in [0.1, 0.15) is 40.5 Å². The van der Waals surface area contributed by atoms with Crippen LogP contribution in [0.15, 0.2) is 28.6 Å². The summed E-state index contributed by atoms with van der Waals surface area (Å²) in [6, 6.07) is -0.857. The second kappa shape index (κ2) is 7.16. The lowest BCUT2D eigenvalue weighted by atomic mass is 9.92. The van der Waals surface area contributed by atoms with Crippen molar-refractivity contribution >= 4 is 5.91 Å². The summed E-state index contributed by atoms with van der Waals surface area (Å²) in [6.07, 6.45) is 2.03. The summed E-state index contributed by atoms with van der Waals surface area (Å²) in [5.41, 5.74) is 0.112. The molecule has 0 saturated heterocycles. The van der Waals surface area contributed by atoms with Gasteiger partial charge in [-0.1, -0.05) is 18.8 Å². The Kier molecular flexibility index (Phi) is 5.83. The lowest BCUT2D eigenvalue weighted by Gasteiger charge is -2.24. The fourth-order valence-electron chi connectivity index (χ4n) is 1.79. The van der Waals surface area contributed by atoms with Crippen LogP contribution in [-0.2, 0) is 4.79 Å². The Labute approximate surface area is 124 Å². The average Bonchev–Trinajstić information content (AvgIpc) is 2.38. The number of halogens is 1. The maximum Gasteiger partial charge on any atom is 0.220 e. The van der Waals surface area contributed by atoms with E-state index in [1.54, 1.807) is 0 Å². The van der Waals surface area contributed by atoms with E-state index in [1.807, 2.05) is 27.7 Å². The van der Waals surface area contributed by atoms with Crippen LogP contribution in [0.4, 0.5) is 4.39 Å². The first-order valence-electron chi connectivity index (χ1n) is 7.00. The number of allylic oxidation sites excluding steroid dienone is 1. The molecule has 5 heteroatoms. The lowest BCUT2D eigenvalue weighted by Crippen LogP contribution is -2.43. The zero-order valence-corrected chi connectivity index (χ0v) is 12.9. The van der Waals surface area contributed by atoms with Crippen molar-refractivity contribution in [1.29, 1.82) is 0 Å². The molecule has 0 heterocycles. The van der Waals surface area contributed by atoms with Gasteiger partial charge in [-0.25, -0.2) is 4.39 Å². The number of nitrogens with zero attached hydrogens (tertiary/aromatic N) is 1. The van der Waals surface area contributed by atoms with Crippen LogP contribution < -0.4 is 5.32 Å². The van der Waals surface area contributed by atoms with E-state index in [9.17, 15) is 14.1 Å². The second-order valence-corrected chi connectivity index (χ2v) is 6.02. The summed E-state index contributed by atoms with van der Waals surface area (Å²) < 4.78 is 14.2. The number of nitrogens with one attached hydrogen (secondary N) is 1. The van der Waals surface area contributed by atoms with Gasteiger partial charge < -0.3 is 5.32 Å². The minimum Gasteiger partial charge on any atom is -0.345 e. The highest BCUT2D eigenvalue weighted by molar-refractivity contribution is 5.77. The Balaban J connectivity index is 3.05. The molecule has 1 aliphatic rings. The highest BCUT2D eigenvalue weighted by atomic mass is 19.1. The van der Waals surface area contributed by atoms with Crippen molar-refractivity contribution in [2.75, 3.05) is 0 Å². The largest absolute Gasteiger partial charge is 0.345 e. The molecule has 2 atom stereocenters.